The first-order chi connectivity index (χ1) is 16.2. The Balaban J connectivity index is 1.55. The lowest BCUT2D eigenvalue weighted by molar-refractivity contribution is 0.0593. The molecule has 1 fully saturated rings. The van der Waals surface area contributed by atoms with E-state index >= 15 is 0 Å². The summed E-state index contributed by atoms with van der Waals surface area (Å²) in [5.41, 5.74) is 4.64. The van der Waals surface area contributed by atoms with Crippen molar-refractivity contribution in [3.8, 4) is 17.0 Å². The van der Waals surface area contributed by atoms with Gasteiger partial charge in [-0.1, -0.05) is 25.8 Å². The number of nitrogens with zero attached hydrogens (tertiary/aromatic N) is 4. The number of imidazole rings is 1. The van der Waals surface area contributed by atoms with E-state index in [1.165, 1.54) is 6.42 Å². The summed E-state index contributed by atoms with van der Waals surface area (Å²) in [6, 6.07) is 10.2. The molecular weight excluding hydrogens is 416 g/mol. The van der Waals surface area contributed by atoms with E-state index in [-0.39, 0.29) is 11.7 Å². The molecule has 1 aliphatic rings. The van der Waals surface area contributed by atoms with E-state index < -0.39 is 0 Å². The number of pyridine rings is 2. The second-order valence-electron chi connectivity index (χ2n) is 8.75. The van der Waals surface area contributed by atoms with E-state index in [2.05, 4.69) is 29.0 Å². The maximum Gasteiger partial charge on any atom is 0.329 e. The second-order valence-corrected chi connectivity index (χ2v) is 8.75. The third-order valence-corrected chi connectivity index (χ3v) is 6.48. The maximum absolute atomic E-state index is 13.2. The lowest BCUT2D eigenvalue weighted by atomic mass is 10.0. The van der Waals surface area contributed by atoms with Gasteiger partial charge in [0.05, 0.1) is 42.0 Å². The number of hydrogen-bond donors (Lipinski definition) is 0. The first-order valence-corrected chi connectivity index (χ1v) is 11.8. The van der Waals surface area contributed by atoms with Gasteiger partial charge in [-0.3, -0.25) is 14.1 Å². The zero-order chi connectivity index (χ0) is 22.8. The predicted octanol–water partition coefficient (Wildman–Crippen LogP) is 4.87. The van der Waals surface area contributed by atoms with Crippen molar-refractivity contribution >= 4 is 21.9 Å². The van der Waals surface area contributed by atoms with Crippen LogP contribution in [0, 0.1) is 0 Å². The van der Waals surface area contributed by atoms with E-state index in [0.717, 1.165) is 65.4 Å². The smallest absolute Gasteiger partial charge is 0.329 e. The Hall–Kier alpha value is -3.19. The molecule has 0 aliphatic carbocycles. The minimum Gasteiger partial charge on any atom is -0.478 e. The summed E-state index contributed by atoms with van der Waals surface area (Å²) < 4.78 is 15.1. The summed E-state index contributed by atoms with van der Waals surface area (Å²) in [5, 5.41) is 0.966. The molecule has 5 rings (SSSR count). The summed E-state index contributed by atoms with van der Waals surface area (Å²) in [6.07, 6.45) is 8.91. The molecular formula is C26H30N4O3. The molecule has 0 radical (unpaired) electrons. The number of aryl methyl sites for hydroxylation is 1. The Morgan fingerprint density at radius 3 is 2.76 bits per heavy atom. The quantitative estimate of drug-likeness (QED) is 0.379. The molecule has 1 saturated heterocycles. The van der Waals surface area contributed by atoms with E-state index in [1.807, 2.05) is 36.0 Å². The Morgan fingerprint density at radius 1 is 1.12 bits per heavy atom. The molecule has 33 heavy (non-hydrogen) atoms. The van der Waals surface area contributed by atoms with Crippen LogP contribution in [-0.2, 0) is 11.8 Å². The first kappa shape index (κ1) is 21.6. The molecule has 1 atom stereocenters. The van der Waals surface area contributed by atoms with E-state index in [9.17, 15) is 4.79 Å². The summed E-state index contributed by atoms with van der Waals surface area (Å²) in [7, 11) is 1.81. The number of hydrogen-bond acceptors (Lipinski definition) is 5. The van der Waals surface area contributed by atoms with Crippen LogP contribution in [0.2, 0.25) is 0 Å². The van der Waals surface area contributed by atoms with Crippen LogP contribution in [-0.4, -0.2) is 38.9 Å². The van der Waals surface area contributed by atoms with Crippen LogP contribution < -0.4 is 10.4 Å². The van der Waals surface area contributed by atoms with Crippen LogP contribution in [0.3, 0.4) is 0 Å². The topological polar surface area (TPSA) is 71.2 Å². The highest BCUT2D eigenvalue weighted by atomic mass is 16.5. The second kappa shape index (κ2) is 9.35. The van der Waals surface area contributed by atoms with Crippen molar-refractivity contribution in [1.29, 1.82) is 0 Å². The Kier molecular flexibility index (Phi) is 6.13. The molecule has 4 heterocycles. The van der Waals surface area contributed by atoms with Gasteiger partial charge in [0, 0.05) is 36.9 Å². The van der Waals surface area contributed by atoms with Gasteiger partial charge >= 0.3 is 5.69 Å². The van der Waals surface area contributed by atoms with Gasteiger partial charge in [-0.15, -0.1) is 0 Å². The fourth-order valence-electron chi connectivity index (χ4n) is 4.64. The fourth-order valence-corrected chi connectivity index (χ4v) is 4.64. The number of ether oxygens (including phenoxy) is 2. The Bertz CT molecular complexity index is 1320. The highest BCUT2D eigenvalue weighted by Gasteiger charge is 2.23. The molecule has 1 aromatic carbocycles. The molecule has 172 valence electrons. The maximum atomic E-state index is 13.2. The van der Waals surface area contributed by atoms with Gasteiger partial charge < -0.3 is 9.47 Å². The standard InChI is InChI=1S/C26H30N4O3/c1-3-4-5-13-33-24-11-9-19(15-28-24)18-8-10-22-21(14-18)25-23(16-27-22)29(2)26(31)30(25)20-7-6-12-32-17-20/h8-11,14-16,20H,3-7,12-13,17H2,1-2H3/t20-/m0/s1. The summed E-state index contributed by atoms with van der Waals surface area (Å²) in [6.45, 7) is 4.19. The van der Waals surface area contributed by atoms with Crippen LogP contribution in [0.4, 0.5) is 0 Å². The Morgan fingerprint density at radius 2 is 2.00 bits per heavy atom. The minimum absolute atomic E-state index is 0.0218. The van der Waals surface area contributed by atoms with Gasteiger partial charge in [0.25, 0.3) is 0 Å². The van der Waals surface area contributed by atoms with E-state index in [0.29, 0.717) is 19.1 Å². The number of unbranched alkanes of at least 4 members (excludes halogenated alkanes) is 2. The molecule has 0 unspecified atom stereocenters. The third kappa shape index (κ3) is 4.13. The van der Waals surface area contributed by atoms with Crippen molar-refractivity contribution in [2.45, 2.75) is 45.1 Å². The van der Waals surface area contributed by atoms with E-state index in [1.54, 1.807) is 10.8 Å². The van der Waals surface area contributed by atoms with Gasteiger partial charge in [-0.25, -0.2) is 9.78 Å². The van der Waals surface area contributed by atoms with Crippen molar-refractivity contribution in [1.82, 2.24) is 19.1 Å². The third-order valence-electron chi connectivity index (χ3n) is 6.48. The van der Waals surface area contributed by atoms with Gasteiger partial charge in [0.1, 0.15) is 0 Å². The van der Waals surface area contributed by atoms with Gasteiger partial charge in [-0.2, -0.15) is 0 Å². The molecule has 7 heteroatoms. The van der Waals surface area contributed by atoms with Crippen molar-refractivity contribution < 1.29 is 9.47 Å². The molecule has 0 bridgehead atoms. The highest BCUT2D eigenvalue weighted by Crippen LogP contribution is 2.31. The molecule has 0 amide bonds. The van der Waals surface area contributed by atoms with Gasteiger partial charge in [0.2, 0.25) is 5.88 Å². The molecule has 4 aromatic rings. The highest BCUT2D eigenvalue weighted by molar-refractivity contribution is 6.04. The molecule has 0 saturated carbocycles. The Labute approximate surface area is 193 Å². The zero-order valence-electron chi connectivity index (χ0n) is 19.3. The summed E-state index contributed by atoms with van der Waals surface area (Å²) >= 11 is 0. The lowest BCUT2D eigenvalue weighted by Crippen LogP contribution is -2.31. The number of rotatable bonds is 7. The lowest BCUT2D eigenvalue weighted by Gasteiger charge is -2.23. The predicted molar refractivity (Wildman–Crippen MR) is 130 cm³/mol. The van der Waals surface area contributed by atoms with Crippen LogP contribution >= 0.6 is 0 Å². The fraction of sp³-hybridized carbons (Fsp3) is 0.423. The van der Waals surface area contributed by atoms with Gasteiger partial charge in [0.15, 0.2) is 0 Å². The summed E-state index contributed by atoms with van der Waals surface area (Å²) in [4.78, 5) is 22.3. The molecule has 1 aliphatic heterocycles. The number of aromatic nitrogens is 4. The van der Waals surface area contributed by atoms with Crippen LogP contribution in [0.5, 0.6) is 5.88 Å². The van der Waals surface area contributed by atoms with Crippen molar-refractivity contribution in [2.75, 3.05) is 19.8 Å². The molecule has 3 aromatic heterocycles. The minimum atomic E-state index is -0.0218. The number of fused-ring (bicyclic) bond motifs is 3. The average molecular weight is 447 g/mol. The molecule has 0 N–H and O–H groups in total. The average Bonchev–Trinajstić information content (AvgIpc) is 3.13. The number of benzene rings is 1. The van der Waals surface area contributed by atoms with Crippen molar-refractivity contribution in [3.63, 3.8) is 0 Å². The summed E-state index contributed by atoms with van der Waals surface area (Å²) in [5.74, 6) is 0.647. The van der Waals surface area contributed by atoms with Crippen LogP contribution in [0.15, 0.2) is 47.5 Å². The first-order valence-electron chi connectivity index (χ1n) is 11.8. The molecule has 7 nitrogen and oxygen atoms in total. The molecule has 0 spiro atoms. The normalized spacial score (nSPS) is 16.5. The van der Waals surface area contributed by atoms with E-state index in [4.69, 9.17) is 9.47 Å². The van der Waals surface area contributed by atoms with Crippen molar-refractivity contribution in [2.24, 2.45) is 7.05 Å². The zero-order valence-corrected chi connectivity index (χ0v) is 19.3. The van der Waals surface area contributed by atoms with Crippen molar-refractivity contribution in [3.05, 3.63) is 53.2 Å². The van der Waals surface area contributed by atoms with Gasteiger partial charge in [-0.05, 0) is 43.0 Å². The van der Waals surface area contributed by atoms with Crippen LogP contribution in [0.25, 0.3) is 33.1 Å². The SMILES string of the molecule is CCCCCOc1ccc(-c2ccc3ncc4c(c3c2)n([C@H]2CCCOC2)c(=O)n4C)cn1. The monoisotopic (exact) mass is 446 g/mol. The largest absolute Gasteiger partial charge is 0.478 e. The van der Waals surface area contributed by atoms with Crippen LogP contribution in [0.1, 0.15) is 45.1 Å².